The van der Waals surface area contributed by atoms with E-state index in [9.17, 15) is 17.2 Å². The normalized spacial score (nSPS) is 15.0. The molecule has 2 aromatic heterocycles. The van der Waals surface area contributed by atoms with E-state index in [1.807, 2.05) is 30.3 Å². The molecule has 2 heterocycles. The van der Waals surface area contributed by atoms with Crippen molar-refractivity contribution < 1.29 is 1.37 Å². The monoisotopic (exact) mass is 570 g/mol. The smallest absolute Gasteiger partial charge is 0.109 e. The second-order valence-corrected chi connectivity index (χ2v) is 10.4. The van der Waals surface area contributed by atoms with Gasteiger partial charge in [0.15, 0.2) is 0 Å². The highest BCUT2D eigenvalue weighted by Crippen LogP contribution is 2.38. The topological polar surface area (TPSA) is 139 Å². The molecule has 9 nitrogen and oxygen atoms in total. The fraction of sp³-hybridized carbons (Fsp3) is 0.188. The average molecular weight is 571 g/mol. The predicted octanol–water partition coefficient (Wildman–Crippen LogP) is 6.83. The van der Waals surface area contributed by atoms with Gasteiger partial charge in [-0.05, 0) is 48.2 Å². The number of hydrogen-bond acceptors (Lipinski definition) is 8. The molecule has 1 unspecified atom stereocenters. The van der Waals surface area contributed by atoms with E-state index in [-0.39, 0.29) is 18.0 Å². The Morgan fingerprint density at radius 1 is 1.00 bits per heavy atom. The van der Waals surface area contributed by atoms with Crippen LogP contribution >= 0.6 is 11.6 Å². The number of aromatic nitrogens is 4. The van der Waals surface area contributed by atoms with Gasteiger partial charge in [-0.3, -0.25) is 4.98 Å². The molecule has 3 aromatic carbocycles. The van der Waals surface area contributed by atoms with Crippen molar-refractivity contribution in [3.05, 3.63) is 112 Å². The van der Waals surface area contributed by atoms with E-state index in [2.05, 4.69) is 44.1 Å². The maximum Gasteiger partial charge on any atom is 0.109 e. The number of fused-ring (bicyclic) bond motifs is 1. The van der Waals surface area contributed by atoms with Gasteiger partial charge in [0.05, 0.1) is 71.6 Å². The lowest BCUT2D eigenvalue weighted by atomic mass is 10.0. The Labute approximate surface area is 249 Å². The summed E-state index contributed by atoms with van der Waals surface area (Å²) < 4.78 is 11.4. The lowest BCUT2D eigenvalue weighted by Crippen LogP contribution is -2.14. The maximum absolute atomic E-state index is 10.00. The Morgan fingerprint density at radius 3 is 2.55 bits per heavy atom. The quantitative estimate of drug-likeness (QED) is 0.196. The van der Waals surface area contributed by atoms with E-state index < -0.39 is 12.1 Å². The lowest BCUT2D eigenvalue weighted by Gasteiger charge is -2.22. The number of nitrogens with zero attached hydrogens (tertiary/aromatic N) is 7. The summed E-state index contributed by atoms with van der Waals surface area (Å²) in [6.07, 6.45) is 5.38. The van der Waals surface area contributed by atoms with Gasteiger partial charge in [-0.15, -0.1) is 5.10 Å². The van der Waals surface area contributed by atoms with Gasteiger partial charge < -0.3 is 10.6 Å². The number of hydrogen-bond donors (Lipinski definition) is 2. The molecule has 2 atom stereocenters. The van der Waals surface area contributed by atoms with Crippen molar-refractivity contribution in [3.8, 4) is 18.2 Å². The molecule has 0 amide bonds. The molecule has 6 rings (SSSR count). The summed E-state index contributed by atoms with van der Waals surface area (Å²) >= 11 is 6.77. The largest absolute Gasteiger partial charge is 0.376 e. The fourth-order valence-electron chi connectivity index (χ4n) is 4.86. The zero-order valence-electron chi connectivity index (χ0n) is 23.3. The van der Waals surface area contributed by atoms with Crippen molar-refractivity contribution in [1.29, 1.82) is 15.8 Å². The standard InChI is InChI=1S/C32H24ClN9/c33-27-15-24(38-31(22-8-4-5-20(13-22)16-35)29-19-42(41-40-29)25-9-10-25)14-26-30(23(17-36)18-37-32(26)27)39-28(11-12-34)21-6-2-1-3-7-21/h1-8,13-15,18-19,25,28,31,38H,9-11H2,(H,37,39)/t28?,31-/m1/s1/i31D. The van der Waals surface area contributed by atoms with Gasteiger partial charge >= 0.3 is 0 Å². The van der Waals surface area contributed by atoms with Crippen molar-refractivity contribution in [2.45, 2.75) is 37.4 Å². The SMILES string of the molecule is [2H][C@@](Nc1cc(Cl)c2ncc(C#N)c(NC(CC#N)c3ccccc3)c2c1)(c1cccc(C#N)c1)c1cn(C2CC2)nn1. The van der Waals surface area contributed by atoms with Crippen LogP contribution in [0, 0.1) is 34.0 Å². The van der Waals surface area contributed by atoms with Crippen molar-refractivity contribution >= 4 is 33.9 Å². The minimum Gasteiger partial charge on any atom is -0.376 e. The van der Waals surface area contributed by atoms with Crippen LogP contribution in [0.1, 0.15) is 66.7 Å². The summed E-state index contributed by atoms with van der Waals surface area (Å²) in [5, 5.41) is 45.3. The second-order valence-electron chi connectivity index (χ2n) is 9.99. The van der Waals surface area contributed by atoms with Crippen LogP contribution in [0.4, 0.5) is 11.4 Å². The van der Waals surface area contributed by atoms with Gasteiger partial charge in [-0.1, -0.05) is 59.3 Å². The van der Waals surface area contributed by atoms with Crippen LogP contribution in [0.25, 0.3) is 10.9 Å². The summed E-state index contributed by atoms with van der Waals surface area (Å²) in [6, 6.07) is 24.6. The van der Waals surface area contributed by atoms with Crippen LogP contribution in [0.2, 0.25) is 5.02 Å². The summed E-state index contributed by atoms with van der Waals surface area (Å²) in [7, 11) is 0. The lowest BCUT2D eigenvalue weighted by molar-refractivity contribution is 0.610. The number of benzene rings is 3. The third-order valence-electron chi connectivity index (χ3n) is 7.10. The predicted molar refractivity (Wildman–Crippen MR) is 159 cm³/mol. The van der Waals surface area contributed by atoms with Gasteiger partial charge in [0.25, 0.3) is 0 Å². The first-order chi connectivity index (χ1) is 20.9. The number of nitriles is 3. The molecule has 2 N–H and O–H groups in total. The molecular formula is C32H24ClN9. The van der Waals surface area contributed by atoms with Crippen LogP contribution in [-0.2, 0) is 0 Å². The molecule has 1 saturated carbocycles. The van der Waals surface area contributed by atoms with Gasteiger partial charge in [-0.2, -0.15) is 15.8 Å². The summed E-state index contributed by atoms with van der Waals surface area (Å²) in [5.41, 5.74) is 3.82. The Bertz CT molecular complexity index is 1950. The molecule has 10 heteroatoms. The number of rotatable bonds is 9. The molecule has 1 aliphatic carbocycles. The number of nitrogens with one attached hydrogen (secondary N) is 2. The van der Waals surface area contributed by atoms with E-state index in [1.54, 1.807) is 47.3 Å². The first-order valence-corrected chi connectivity index (χ1v) is 13.7. The third-order valence-corrected chi connectivity index (χ3v) is 7.39. The molecule has 5 aromatic rings. The average Bonchev–Trinajstić information content (AvgIpc) is 3.76. The second kappa shape index (κ2) is 11.6. The fourth-order valence-corrected chi connectivity index (χ4v) is 5.12. The van der Waals surface area contributed by atoms with E-state index in [0.717, 1.165) is 18.4 Å². The maximum atomic E-state index is 10.00. The highest BCUT2D eigenvalue weighted by Gasteiger charge is 2.27. The van der Waals surface area contributed by atoms with Crippen molar-refractivity contribution in [2.75, 3.05) is 10.6 Å². The Kier molecular flexibility index (Phi) is 7.04. The Morgan fingerprint density at radius 2 is 1.81 bits per heavy atom. The first-order valence-electron chi connectivity index (χ1n) is 13.9. The molecule has 0 saturated heterocycles. The molecule has 0 aliphatic heterocycles. The molecule has 204 valence electrons. The summed E-state index contributed by atoms with van der Waals surface area (Å²) in [6.45, 7) is 0. The number of anilines is 2. The molecule has 0 spiro atoms. The van der Waals surface area contributed by atoms with E-state index in [1.165, 1.54) is 6.20 Å². The highest BCUT2D eigenvalue weighted by molar-refractivity contribution is 6.35. The van der Waals surface area contributed by atoms with E-state index in [0.29, 0.717) is 44.1 Å². The molecule has 1 aliphatic rings. The van der Waals surface area contributed by atoms with Crippen molar-refractivity contribution in [2.24, 2.45) is 0 Å². The van der Waals surface area contributed by atoms with Crippen LogP contribution in [0.3, 0.4) is 0 Å². The first kappa shape index (κ1) is 25.5. The highest BCUT2D eigenvalue weighted by atomic mass is 35.5. The molecule has 42 heavy (non-hydrogen) atoms. The number of pyridine rings is 1. The Balaban J connectivity index is 1.48. The molecular weight excluding hydrogens is 546 g/mol. The molecule has 0 radical (unpaired) electrons. The number of halogens is 1. The van der Waals surface area contributed by atoms with Crippen LogP contribution in [0.15, 0.2) is 79.1 Å². The molecule has 0 bridgehead atoms. The third kappa shape index (κ3) is 5.45. The summed E-state index contributed by atoms with van der Waals surface area (Å²) in [5.74, 6) is 0. The summed E-state index contributed by atoms with van der Waals surface area (Å²) in [4.78, 5) is 4.45. The minimum atomic E-state index is -1.64. The van der Waals surface area contributed by atoms with Crippen LogP contribution in [0.5, 0.6) is 0 Å². The van der Waals surface area contributed by atoms with Gasteiger partial charge in [0.1, 0.15) is 11.8 Å². The van der Waals surface area contributed by atoms with Gasteiger partial charge in [0, 0.05) is 17.3 Å². The van der Waals surface area contributed by atoms with Crippen LogP contribution < -0.4 is 10.6 Å². The van der Waals surface area contributed by atoms with Gasteiger partial charge in [0.2, 0.25) is 0 Å². The van der Waals surface area contributed by atoms with Crippen LogP contribution in [-0.4, -0.2) is 20.0 Å². The van der Waals surface area contributed by atoms with Crippen molar-refractivity contribution in [1.82, 2.24) is 20.0 Å². The zero-order chi connectivity index (χ0) is 30.0. The molecule has 1 fully saturated rings. The van der Waals surface area contributed by atoms with Gasteiger partial charge in [-0.25, -0.2) is 4.68 Å². The van der Waals surface area contributed by atoms with Crippen molar-refractivity contribution in [3.63, 3.8) is 0 Å². The minimum absolute atomic E-state index is 0.159. The van der Waals surface area contributed by atoms with E-state index in [4.69, 9.17) is 11.6 Å². The van der Waals surface area contributed by atoms with E-state index >= 15 is 0 Å². The Hall–Kier alpha value is -5.43. The zero-order valence-corrected chi connectivity index (χ0v) is 23.0.